The van der Waals surface area contributed by atoms with Gasteiger partial charge in [0, 0.05) is 0 Å². The summed E-state index contributed by atoms with van der Waals surface area (Å²) in [5.74, 6) is 0. The fourth-order valence-corrected chi connectivity index (χ4v) is 2.14. The lowest BCUT2D eigenvalue weighted by Gasteiger charge is -2.16. The molecule has 0 unspecified atom stereocenters. The second-order valence-corrected chi connectivity index (χ2v) is 5.49. The average Bonchev–Trinajstić information content (AvgIpc) is 2.11. The van der Waals surface area contributed by atoms with E-state index in [2.05, 4.69) is 4.08 Å². The van der Waals surface area contributed by atoms with Gasteiger partial charge in [-0.3, -0.25) is 0 Å². The summed E-state index contributed by atoms with van der Waals surface area (Å²) in [7, 11) is 0. The van der Waals surface area contributed by atoms with Crippen LogP contribution < -0.4 is 0 Å². The van der Waals surface area contributed by atoms with Gasteiger partial charge in [0.2, 0.25) is 0 Å². The van der Waals surface area contributed by atoms with Crippen molar-refractivity contribution in [3.8, 4) is 0 Å². The molecule has 0 heterocycles. The van der Waals surface area contributed by atoms with Crippen molar-refractivity contribution >= 4 is 30.4 Å². The first-order chi connectivity index (χ1) is 5.68. The predicted octanol–water partition coefficient (Wildman–Crippen LogP) is 3.23. The Bertz CT molecular complexity index is 144. The van der Waals surface area contributed by atoms with Crippen LogP contribution in [0.2, 0.25) is 0 Å². The Labute approximate surface area is 83.8 Å². The van der Waals surface area contributed by atoms with Crippen LogP contribution >= 0.6 is 18.6 Å². The molecule has 0 spiro atoms. The van der Waals surface area contributed by atoms with Gasteiger partial charge in [-0.1, -0.05) is 13.8 Å². The first-order valence-electron chi connectivity index (χ1n) is 3.88. The maximum absolute atomic E-state index is 5.18. The van der Waals surface area contributed by atoms with Gasteiger partial charge in [-0.25, -0.2) is 0 Å². The van der Waals surface area contributed by atoms with Crippen molar-refractivity contribution in [2.24, 2.45) is 0 Å². The van der Waals surface area contributed by atoms with Crippen LogP contribution in [0.4, 0.5) is 0 Å². The number of rotatable bonds is 7. The molecule has 0 aliphatic carbocycles. The van der Waals surface area contributed by atoms with Crippen molar-refractivity contribution in [1.29, 1.82) is 0 Å². The van der Waals surface area contributed by atoms with E-state index in [1.54, 1.807) is 0 Å². The first-order valence-corrected chi connectivity index (χ1v) is 6.74. The van der Waals surface area contributed by atoms with Crippen LogP contribution in [0, 0.1) is 0 Å². The van der Waals surface area contributed by atoms with Crippen molar-refractivity contribution in [3.63, 3.8) is 0 Å². The van der Waals surface area contributed by atoms with Crippen LogP contribution in [-0.2, 0) is 24.9 Å². The molecule has 3 nitrogen and oxygen atoms in total. The quantitative estimate of drug-likeness (QED) is 0.630. The van der Waals surface area contributed by atoms with E-state index in [1.807, 2.05) is 13.8 Å². The molecule has 0 aromatic rings. The Morgan fingerprint density at radius 2 is 1.58 bits per heavy atom. The van der Waals surface area contributed by atoms with Crippen molar-refractivity contribution in [1.82, 2.24) is 0 Å². The summed E-state index contributed by atoms with van der Waals surface area (Å²) >= 11 is 10.1. The second-order valence-electron chi connectivity index (χ2n) is 2.18. The minimum atomic E-state index is -2.63. The summed E-state index contributed by atoms with van der Waals surface area (Å²) in [6.07, 6.45) is 1.74. The lowest BCUT2D eigenvalue weighted by Crippen LogP contribution is -1.97. The van der Waals surface area contributed by atoms with Crippen LogP contribution in [0.5, 0.6) is 0 Å². The van der Waals surface area contributed by atoms with Gasteiger partial charge in [-0.15, -0.1) is 0 Å². The van der Waals surface area contributed by atoms with Crippen molar-refractivity contribution in [2.75, 3.05) is 13.2 Å². The predicted molar refractivity (Wildman–Crippen MR) is 53.7 cm³/mol. The minimum Gasteiger partial charge on any atom is -0.308 e. The summed E-state index contributed by atoms with van der Waals surface area (Å²) in [6.45, 7) is 2.37. The first kappa shape index (κ1) is 12.8. The van der Waals surface area contributed by atoms with E-state index in [0.29, 0.717) is 13.2 Å². The Morgan fingerprint density at radius 1 is 1.17 bits per heavy atom. The molecule has 12 heavy (non-hydrogen) atoms. The maximum Gasteiger partial charge on any atom is 0.343 e. The number of hydrogen-bond donors (Lipinski definition) is 0. The van der Waals surface area contributed by atoms with Crippen LogP contribution in [0.15, 0.2) is 0 Å². The van der Waals surface area contributed by atoms with Crippen LogP contribution in [0.3, 0.4) is 0 Å². The van der Waals surface area contributed by atoms with Gasteiger partial charge in [-0.05, 0) is 24.6 Å². The van der Waals surface area contributed by atoms with Gasteiger partial charge in [0.15, 0.2) is 0 Å². The minimum absolute atomic E-state index is 0.522. The van der Waals surface area contributed by atoms with Gasteiger partial charge in [0.05, 0.1) is 25.1 Å². The summed E-state index contributed by atoms with van der Waals surface area (Å²) in [5, 5.41) is 0. The molecule has 74 valence electrons. The van der Waals surface area contributed by atoms with Gasteiger partial charge in [0.1, 0.15) is 0 Å². The summed E-state index contributed by atoms with van der Waals surface area (Å²) < 4.78 is 14.9. The molecular formula is C6H14ClO3PS. The molecule has 6 heteroatoms. The molecule has 0 N–H and O–H groups in total. The molecule has 0 aromatic heterocycles. The average molecular weight is 233 g/mol. The van der Waals surface area contributed by atoms with E-state index in [1.165, 1.54) is 0 Å². The Balaban J connectivity index is 3.79. The van der Waals surface area contributed by atoms with Gasteiger partial charge in [-0.2, -0.15) is 4.08 Å². The van der Waals surface area contributed by atoms with Crippen molar-refractivity contribution < 1.29 is 13.1 Å². The molecule has 0 fully saturated rings. The Kier molecular flexibility index (Phi) is 7.74. The fraction of sp³-hybridized carbons (Fsp3) is 1.00. The Morgan fingerprint density at radius 3 is 1.83 bits per heavy atom. The largest absolute Gasteiger partial charge is 0.343 e. The normalized spacial score (nSPS) is 11.9. The van der Waals surface area contributed by atoms with Crippen LogP contribution in [0.25, 0.3) is 0 Å². The lowest BCUT2D eigenvalue weighted by atomic mass is 10.5. The molecule has 0 radical (unpaired) electrons. The second kappa shape index (κ2) is 7.25. The summed E-state index contributed by atoms with van der Waals surface area (Å²) in [6, 6.07) is 0. The summed E-state index contributed by atoms with van der Waals surface area (Å²) in [5.41, 5.74) is 0. The molecule has 0 saturated heterocycles. The van der Waals surface area contributed by atoms with E-state index in [-0.39, 0.29) is 0 Å². The zero-order chi connectivity index (χ0) is 9.45. The van der Waals surface area contributed by atoms with E-state index < -0.39 is 6.72 Å². The Hall–Kier alpha value is 0.820. The van der Waals surface area contributed by atoms with Gasteiger partial charge >= 0.3 is 6.72 Å². The smallest absolute Gasteiger partial charge is 0.308 e. The molecule has 0 bridgehead atoms. The molecule has 0 aliphatic rings. The highest BCUT2D eigenvalue weighted by Crippen LogP contribution is 2.51. The molecule has 0 rings (SSSR count). The van der Waals surface area contributed by atoms with E-state index in [4.69, 9.17) is 32.7 Å². The fourth-order valence-electron chi connectivity index (χ4n) is 0.483. The molecule has 0 amide bonds. The number of halogens is 1. The zero-order valence-electron chi connectivity index (χ0n) is 7.29. The zero-order valence-corrected chi connectivity index (χ0v) is 9.75. The molecule has 0 aromatic carbocycles. The highest BCUT2D eigenvalue weighted by molar-refractivity contribution is 8.07. The topological polar surface area (TPSA) is 27.7 Å². The molecule has 0 atom stereocenters. The third kappa shape index (κ3) is 5.46. The van der Waals surface area contributed by atoms with Crippen LogP contribution in [-0.4, -0.2) is 13.2 Å². The standard InChI is InChI=1S/C6H14ClO3PS/c1-3-5-8-11(12,10-7)9-6-4-2/h3-6H2,1-2H3. The van der Waals surface area contributed by atoms with E-state index in [0.717, 1.165) is 12.8 Å². The lowest BCUT2D eigenvalue weighted by molar-refractivity contribution is 0.206. The summed E-state index contributed by atoms with van der Waals surface area (Å²) in [4.78, 5) is 0. The van der Waals surface area contributed by atoms with Crippen molar-refractivity contribution in [2.45, 2.75) is 26.7 Å². The number of hydrogen-bond acceptors (Lipinski definition) is 4. The van der Waals surface area contributed by atoms with E-state index >= 15 is 0 Å². The van der Waals surface area contributed by atoms with Gasteiger partial charge in [0.25, 0.3) is 0 Å². The monoisotopic (exact) mass is 232 g/mol. The molecular weight excluding hydrogens is 219 g/mol. The SMILES string of the molecule is CCCOP(=S)(OCl)OCCC. The van der Waals surface area contributed by atoms with Gasteiger partial charge < -0.3 is 9.05 Å². The molecule has 0 aliphatic heterocycles. The van der Waals surface area contributed by atoms with E-state index in [9.17, 15) is 0 Å². The third-order valence-electron chi connectivity index (χ3n) is 0.992. The highest BCUT2D eigenvalue weighted by atomic mass is 35.5. The van der Waals surface area contributed by atoms with Crippen LogP contribution in [0.1, 0.15) is 26.7 Å². The highest BCUT2D eigenvalue weighted by Gasteiger charge is 2.19. The molecule has 0 saturated carbocycles. The van der Waals surface area contributed by atoms with Crippen molar-refractivity contribution in [3.05, 3.63) is 0 Å². The third-order valence-corrected chi connectivity index (χ3v) is 3.80. The maximum atomic E-state index is 5.18.